The van der Waals surface area contributed by atoms with Gasteiger partial charge in [0.15, 0.2) is 11.5 Å². The SMILES string of the molecule is Cc1sc2nc(-n3ccnc3)nc(NCCc3ccc4c(c3)OCO4)c2c1Cl. The fourth-order valence-electron chi connectivity index (χ4n) is 3.11. The molecule has 0 spiro atoms. The van der Waals surface area contributed by atoms with E-state index in [1.807, 2.05) is 31.3 Å². The Morgan fingerprint density at radius 3 is 3.00 bits per heavy atom. The Hall–Kier alpha value is -2.84. The molecule has 0 amide bonds. The van der Waals surface area contributed by atoms with Gasteiger partial charge in [0.25, 0.3) is 0 Å². The highest BCUT2D eigenvalue weighted by atomic mass is 35.5. The van der Waals surface area contributed by atoms with E-state index < -0.39 is 0 Å². The van der Waals surface area contributed by atoms with E-state index in [9.17, 15) is 0 Å². The molecule has 1 N–H and O–H groups in total. The third-order valence-corrected chi connectivity index (χ3v) is 6.10. The number of halogens is 1. The molecule has 28 heavy (non-hydrogen) atoms. The molecule has 0 aliphatic carbocycles. The third kappa shape index (κ3) is 3.04. The lowest BCUT2D eigenvalue weighted by molar-refractivity contribution is 0.174. The molecule has 0 fully saturated rings. The van der Waals surface area contributed by atoms with E-state index in [-0.39, 0.29) is 6.79 Å². The summed E-state index contributed by atoms with van der Waals surface area (Å²) in [5.41, 5.74) is 1.16. The van der Waals surface area contributed by atoms with Crippen LogP contribution in [0.3, 0.4) is 0 Å². The molecular formula is C19H16ClN5O2S. The van der Waals surface area contributed by atoms with Crippen molar-refractivity contribution in [2.24, 2.45) is 0 Å². The lowest BCUT2D eigenvalue weighted by atomic mass is 10.1. The molecule has 3 aromatic heterocycles. The number of nitrogens with one attached hydrogen (secondary N) is 1. The van der Waals surface area contributed by atoms with Gasteiger partial charge in [-0.05, 0) is 31.0 Å². The molecule has 0 unspecified atom stereocenters. The van der Waals surface area contributed by atoms with Crippen molar-refractivity contribution in [3.05, 3.63) is 52.4 Å². The molecule has 1 aliphatic rings. The number of fused-ring (bicyclic) bond motifs is 2. The first-order chi connectivity index (χ1) is 13.7. The Kier molecular flexibility index (Phi) is 4.29. The highest BCUT2D eigenvalue weighted by molar-refractivity contribution is 7.19. The molecule has 0 radical (unpaired) electrons. The molecule has 142 valence electrons. The van der Waals surface area contributed by atoms with Gasteiger partial charge in [-0.25, -0.2) is 9.97 Å². The summed E-state index contributed by atoms with van der Waals surface area (Å²) < 4.78 is 12.6. The second-order valence-corrected chi connectivity index (χ2v) is 7.94. The maximum Gasteiger partial charge on any atom is 0.238 e. The Balaban J connectivity index is 1.42. The van der Waals surface area contributed by atoms with E-state index in [2.05, 4.69) is 20.3 Å². The molecule has 4 heterocycles. The first-order valence-electron chi connectivity index (χ1n) is 8.76. The molecule has 0 saturated heterocycles. The van der Waals surface area contributed by atoms with Crippen LogP contribution >= 0.6 is 22.9 Å². The Morgan fingerprint density at radius 2 is 2.14 bits per heavy atom. The molecule has 4 aromatic rings. The zero-order chi connectivity index (χ0) is 19.1. The number of hydrogen-bond donors (Lipinski definition) is 1. The smallest absolute Gasteiger partial charge is 0.238 e. The summed E-state index contributed by atoms with van der Waals surface area (Å²) in [6.07, 6.45) is 6.01. The summed E-state index contributed by atoms with van der Waals surface area (Å²) in [5.74, 6) is 2.87. The van der Waals surface area contributed by atoms with Gasteiger partial charge < -0.3 is 14.8 Å². The monoisotopic (exact) mass is 413 g/mol. The number of aryl methyl sites for hydroxylation is 1. The minimum absolute atomic E-state index is 0.281. The van der Waals surface area contributed by atoms with Crippen LogP contribution in [0.5, 0.6) is 11.5 Å². The summed E-state index contributed by atoms with van der Waals surface area (Å²) >= 11 is 8.09. The summed E-state index contributed by atoms with van der Waals surface area (Å²) in [6.45, 7) is 2.96. The van der Waals surface area contributed by atoms with Gasteiger partial charge in [0.05, 0.1) is 10.4 Å². The first kappa shape index (κ1) is 17.3. The number of aromatic nitrogens is 4. The first-order valence-corrected chi connectivity index (χ1v) is 9.96. The molecule has 0 saturated carbocycles. The van der Waals surface area contributed by atoms with Gasteiger partial charge >= 0.3 is 0 Å². The Morgan fingerprint density at radius 1 is 1.25 bits per heavy atom. The van der Waals surface area contributed by atoms with E-state index in [0.717, 1.165) is 44.4 Å². The van der Waals surface area contributed by atoms with Gasteiger partial charge in [-0.1, -0.05) is 17.7 Å². The molecule has 9 heteroatoms. The second kappa shape index (κ2) is 6.96. The van der Waals surface area contributed by atoms with Crippen molar-refractivity contribution in [1.29, 1.82) is 0 Å². The maximum atomic E-state index is 6.52. The van der Waals surface area contributed by atoms with Crippen molar-refractivity contribution in [3.8, 4) is 17.4 Å². The van der Waals surface area contributed by atoms with Crippen LogP contribution in [-0.2, 0) is 6.42 Å². The number of benzene rings is 1. The summed E-state index contributed by atoms with van der Waals surface area (Å²) in [4.78, 5) is 15.3. The average Bonchev–Trinajstić information content (AvgIpc) is 3.43. The summed E-state index contributed by atoms with van der Waals surface area (Å²) in [5, 5.41) is 4.98. The standard InChI is InChI=1S/C19H16ClN5O2S/c1-11-16(20)15-17(23-19(24-18(15)28-11)25-7-6-21-9-25)22-5-4-12-2-3-13-14(8-12)27-10-26-13/h2-3,6-9H,4-5,10H2,1H3,(H,22,23,24). The van der Waals surface area contributed by atoms with Crippen LogP contribution in [0.2, 0.25) is 5.02 Å². The van der Waals surface area contributed by atoms with Crippen molar-refractivity contribution < 1.29 is 9.47 Å². The fraction of sp³-hybridized carbons (Fsp3) is 0.211. The highest BCUT2D eigenvalue weighted by Crippen LogP contribution is 2.38. The van der Waals surface area contributed by atoms with Crippen LogP contribution < -0.4 is 14.8 Å². The van der Waals surface area contributed by atoms with E-state index in [0.29, 0.717) is 17.5 Å². The third-order valence-electron chi connectivity index (χ3n) is 4.52. The van der Waals surface area contributed by atoms with E-state index in [4.69, 9.17) is 21.1 Å². The lowest BCUT2D eigenvalue weighted by Gasteiger charge is -2.10. The number of imidazole rings is 1. The average molecular weight is 414 g/mol. The lowest BCUT2D eigenvalue weighted by Crippen LogP contribution is -2.09. The van der Waals surface area contributed by atoms with E-state index in [1.165, 1.54) is 0 Å². The van der Waals surface area contributed by atoms with Crippen molar-refractivity contribution in [2.75, 3.05) is 18.7 Å². The topological polar surface area (TPSA) is 74.1 Å². The number of hydrogen-bond acceptors (Lipinski definition) is 7. The molecule has 1 aromatic carbocycles. The van der Waals surface area contributed by atoms with Gasteiger partial charge in [-0.2, -0.15) is 4.98 Å². The largest absolute Gasteiger partial charge is 0.454 e. The molecule has 7 nitrogen and oxygen atoms in total. The summed E-state index contributed by atoms with van der Waals surface area (Å²) in [6, 6.07) is 6.00. The Labute approximate surface area is 169 Å². The quantitative estimate of drug-likeness (QED) is 0.528. The van der Waals surface area contributed by atoms with Crippen LogP contribution in [0.1, 0.15) is 10.4 Å². The fourth-order valence-corrected chi connectivity index (χ4v) is 4.37. The van der Waals surface area contributed by atoms with Crippen molar-refractivity contribution >= 4 is 39.0 Å². The van der Waals surface area contributed by atoms with Crippen LogP contribution in [0.25, 0.3) is 16.2 Å². The molecule has 1 aliphatic heterocycles. The second-order valence-electron chi connectivity index (χ2n) is 6.36. The highest BCUT2D eigenvalue weighted by Gasteiger charge is 2.17. The number of nitrogens with zero attached hydrogens (tertiary/aromatic N) is 4. The minimum atomic E-state index is 0.281. The van der Waals surface area contributed by atoms with Gasteiger partial charge in [0.1, 0.15) is 17.0 Å². The molecule has 0 bridgehead atoms. The minimum Gasteiger partial charge on any atom is -0.454 e. The van der Waals surface area contributed by atoms with Gasteiger partial charge in [-0.3, -0.25) is 4.57 Å². The van der Waals surface area contributed by atoms with Gasteiger partial charge in [0.2, 0.25) is 12.7 Å². The summed E-state index contributed by atoms with van der Waals surface area (Å²) in [7, 11) is 0. The van der Waals surface area contributed by atoms with Gasteiger partial charge in [-0.15, -0.1) is 11.3 Å². The predicted octanol–water partition coefficient (Wildman–Crippen LogP) is 4.22. The van der Waals surface area contributed by atoms with Crippen LogP contribution in [0.4, 0.5) is 5.82 Å². The van der Waals surface area contributed by atoms with E-state index >= 15 is 0 Å². The molecule has 5 rings (SSSR count). The number of ether oxygens (including phenoxy) is 2. The number of anilines is 1. The van der Waals surface area contributed by atoms with Crippen molar-refractivity contribution in [1.82, 2.24) is 19.5 Å². The van der Waals surface area contributed by atoms with Crippen molar-refractivity contribution in [3.63, 3.8) is 0 Å². The Bertz CT molecular complexity index is 1160. The normalized spacial score (nSPS) is 12.6. The number of thiophene rings is 1. The van der Waals surface area contributed by atoms with Crippen LogP contribution in [0, 0.1) is 6.92 Å². The predicted molar refractivity (Wildman–Crippen MR) is 109 cm³/mol. The van der Waals surface area contributed by atoms with Crippen LogP contribution in [-0.4, -0.2) is 32.9 Å². The van der Waals surface area contributed by atoms with Gasteiger partial charge in [0, 0.05) is 23.8 Å². The van der Waals surface area contributed by atoms with E-state index in [1.54, 1.807) is 28.4 Å². The number of rotatable bonds is 5. The zero-order valence-electron chi connectivity index (χ0n) is 15.0. The van der Waals surface area contributed by atoms with Crippen molar-refractivity contribution in [2.45, 2.75) is 13.3 Å². The molecular weight excluding hydrogens is 398 g/mol. The molecule has 0 atom stereocenters. The zero-order valence-corrected chi connectivity index (χ0v) is 16.5. The maximum absolute atomic E-state index is 6.52. The van der Waals surface area contributed by atoms with Crippen LogP contribution in [0.15, 0.2) is 36.9 Å².